The Morgan fingerprint density at radius 2 is 1.88 bits per heavy atom. The molecule has 7 nitrogen and oxygen atoms in total. The summed E-state index contributed by atoms with van der Waals surface area (Å²) in [6, 6.07) is 20.5. The lowest BCUT2D eigenvalue weighted by Crippen LogP contribution is -2.39. The van der Waals surface area contributed by atoms with Crippen LogP contribution in [0.1, 0.15) is 12.0 Å². The molecule has 8 heteroatoms. The van der Waals surface area contributed by atoms with Crippen molar-refractivity contribution in [1.82, 2.24) is 9.80 Å². The average molecular weight is 477 g/mol. The molecule has 2 aliphatic heterocycles. The number of hydrogen-bond acceptors (Lipinski definition) is 5. The monoisotopic (exact) mass is 476 g/mol. The molecule has 3 aromatic carbocycles. The number of anilines is 1. The van der Waals surface area contributed by atoms with Crippen LogP contribution in [0.4, 0.5) is 16.2 Å². The van der Waals surface area contributed by atoms with E-state index in [2.05, 4.69) is 10.2 Å². The smallest absolute Gasteiger partial charge is 0.321 e. The summed E-state index contributed by atoms with van der Waals surface area (Å²) in [5.41, 5.74) is 2.32. The van der Waals surface area contributed by atoms with Gasteiger partial charge >= 0.3 is 6.03 Å². The number of urea groups is 1. The molecule has 0 aromatic heterocycles. The standard InChI is InChI=1S/C26H25ClN4O3/c1-33-20-10-11-23-21(17-20)25(29-22-8-2-3-9-24(22)34-23)30-12-5-13-31(15-14-30)26(32)28-19-7-4-6-18(27)16-19/h2-4,6-11,16-17H,5,12-15H2,1H3,(H,28,32). The van der Waals surface area contributed by atoms with Gasteiger partial charge in [0.2, 0.25) is 0 Å². The summed E-state index contributed by atoms with van der Waals surface area (Å²) in [6.07, 6.45) is 0.809. The van der Waals surface area contributed by atoms with Gasteiger partial charge in [-0.25, -0.2) is 9.79 Å². The van der Waals surface area contributed by atoms with Crippen LogP contribution < -0.4 is 14.8 Å². The number of methoxy groups -OCH3 is 1. The molecule has 0 radical (unpaired) electrons. The number of carbonyl (C=O) groups excluding carboxylic acids is 1. The summed E-state index contributed by atoms with van der Waals surface area (Å²) >= 11 is 6.05. The Bertz CT molecular complexity index is 1250. The third kappa shape index (κ3) is 4.65. The molecule has 1 N–H and O–H groups in total. The number of para-hydroxylation sites is 2. The van der Waals surface area contributed by atoms with Gasteiger partial charge in [-0.2, -0.15) is 0 Å². The maximum absolute atomic E-state index is 12.9. The molecule has 1 fully saturated rings. The fourth-order valence-corrected chi connectivity index (χ4v) is 4.36. The molecule has 0 unspecified atom stereocenters. The summed E-state index contributed by atoms with van der Waals surface area (Å²) in [7, 11) is 1.65. The Hall–Kier alpha value is -3.71. The van der Waals surface area contributed by atoms with Gasteiger partial charge in [0.05, 0.1) is 12.7 Å². The average Bonchev–Trinajstić information content (AvgIpc) is 3.18. The highest BCUT2D eigenvalue weighted by Crippen LogP contribution is 2.39. The number of benzene rings is 3. The summed E-state index contributed by atoms with van der Waals surface area (Å²) < 4.78 is 11.7. The van der Waals surface area contributed by atoms with Crippen molar-refractivity contribution in [1.29, 1.82) is 0 Å². The molecule has 2 heterocycles. The first-order valence-corrected chi connectivity index (χ1v) is 11.6. The first-order valence-electron chi connectivity index (χ1n) is 11.2. The van der Waals surface area contributed by atoms with Gasteiger partial charge in [0.15, 0.2) is 5.75 Å². The Labute approximate surface area is 203 Å². The van der Waals surface area contributed by atoms with E-state index in [1.54, 1.807) is 19.2 Å². The van der Waals surface area contributed by atoms with E-state index in [1.165, 1.54) is 0 Å². The van der Waals surface area contributed by atoms with Crippen LogP contribution in [0.3, 0.4) is 0 Å². The largest absolute Gasteiger partial charge is 0.497 e. The molecule has 3 aromatic rings. The molecule has 34 heavy (non-hydrogen) atoms. The zero-order valence-corrected chi connectivity index (χ0v) is 19.6. The molecule has 174 valence electrons. The highest BCUT2D eigenvalue weighted by atomic mass is 35.5. The minimum atomic E-state index is -0.136. The van der Waals surface area contributed by atoms with Crippen LogP contribution in [0, 0.1) is 0 Å². The number of ether oxygens (including phenoxy) is 2. The third-order valence-corrected chi connectivity index (χ3v) is 6.13. The van der Waals surface area contributed by atoms with Gasteiger partial charge in [-0.15, -0.1) is 0 Å². The quantitative estimate of drug-likeness (QED) is 0.509. The molecule has 1 saturated heterocycles. The first-order chi connectivity index (χ1) is 16.6. The van der Waals surface area contributed by atoms with Crippen molar-refractivity contribution in [3.05, 3.63) is 77.3 Å². The number of fused-ring (bicyclic) bond motifs is 2. The number of hydrogen-bond donors (Lipinski definition) is 1. The first kappa shape index (κ1) is 22.1. The number of amidine groups is 1. The number of rotatable bonds is 2. The molecule has 0 aliphatic carbocycles. The molecule has 0 saturated carbocycles. The SMILES string of the molecule is COc1ccc2c(c1)C(N1CCCN(C(=O)Nc3cccc(Cl)c3)CC1)=Nc1ccccc1O2. The molecule has 0 spiro atoms. The van der Waals surface area contributed by atoms with E-state index in [0.29, 0.717) is 36.1 Å². The van der Waals surface area contributed by atoms with Crippen LogP contribution in [-0.2, 0) is 0 Å². The zero-order valence-electron chi connectivity index (χ0n) is 18.8. The fourth-order valence-electron chi connectivity index (χ4n) is 4.17. The van der Waals surface area contributed by atoms with E-state index in [4.69, 9.17) is 26.1 Å². The van der Waals surface area contributed by atoms with Crippen molar-refractivity contribution >= 4 is 34.8 Å². The fraction of sp³-hybridized carbons (Fsp3) is 0.231. The second kappa shape index (κ2) is 9.65. The van der Waals surface area contributed by atoms with E-state index in [1.807, 2.05) is 59.5 Å². The normalized spacial score (nSPS) is 15.2. The van der Waals surface area contributed by atoms with Crippen molar-refractivity contribution in [2.24, 2.45) is 4.99 Å². The number of nitrogens with zero attached hydrogens (tertiary/aromatic N) is 3. The Kier molecular flexibility index (Phi) is 6.27. The van der Waals surface area contributed by atoms with E-state index >= 15 is 0 Å². The highest BCUT2D eigenvalue weighted by molar-refractivity contribution is 6.30. The maximum Gasteiger partial charge on any atom is 0.321 e. The van der Waals surface area contributed by atoms with E-state index < -0.39 is 0 Å². The Balaban J connectivity index is 1.40. The van der Waals surface area contributed by atoms with E-state index in [9.17, 15) is 4.79 Å². The second-order valence-corrected chi connectivity index (χ2v) is 8.57. The van der Waals surface area contributed by atoms with Crippen molar-refractivity contribution in [3.63, 3.8) is 0 Å². The minimum Gasteiger partial charge on any atom is -0.497 e. The van der Waals surface area contributed by atoms with Gasteiger partial charge in [0, 0.05) is 36.9 Å². The number of amides is 2. The Morgan fingerprint density at radius 3 is 2.74 bits per heavy atom. The topological polar surface area (TPSA) is 66.4 Å². The van der Waals surface area contributed by atoms with Gasteiger partial charge in [0.25, 0.3) is 0 Å². The van der Waals surface area contributed by atoms with Crippen molar-refractivity contribution in [2.45, 2.75) is 6.42 Å². The van der Waals surface area contributed by atoms with Crippen LogP contribution in [-0.4, -0.2) is 55.0 Å². The molecule has 2 amide bonds. The van der Waals surface area contributed by atoms with Gasteiger partial charge < -0.3 is 24.6 Å². The van der Waals surface area contributed by atoms with Crippen LogP contribution in [0.15, 0.2) is 71.7 Å². The lowest BCUT2D eigenvalue weighted by atomic mass is 10.1. The van der Waals surface area contributed by atoms with Crippen molar-refractivity contribution < 1.29 is 14.3 Å². The van der Waals surface area contributed by atoms with Crippen LogP contribution in [0.5, 0.6) is 17.2 Å². The van der Waals surface area contributed by atoms with Crippen LogP contribution in [0.25, 0.3) is 0 Å². The number of halogens is 1. The third-order valence-electron chi connectivity index (χ3n) is 5.90. The second-order valence-electron chi connectivity index (χ2n) is 8.14. The minimum absolute atomic E-state index is 0.136. The molecule has 5 rings (SSSR count). The number of nitrogens with one attached hydrogen (secondary N) is 1. The van der Waals surface area contributed by atoms with Gasteiger partial charge in [0.1, 0.15) is 23.0 Å². The number of aliphatic imine (C=N–C) groups is 1. The lowest BCUT2D eigenvalue weighted by Gasteiger charge is -2.25. The summed E-state index contributed by atoms with van der Waals surface area (Å²) in [6.45, 7) is 2.61. The number of carbonyl (C=O) groups is 1. The molecule has 0 atom stereocenters. The molecular weight excluding hydrogens is 452 g/mol. The Morgan fingerprint density at radius 1 is 1.00 bits per heavy atom. The van der Waals surface area contributed by atoms with Gasteiger partial charge in [-0.3, -0.25) is 0 Å². The summed E-state index contributed by atoms with van der Waals surface area (Å²) in [5, 5.41) is 3.53. The summed E-state index contributed by atoms with van der Waals surface area (Å²) in [4.78, 5) is 21.9. The lowest BCUT2D eigenvalue weighted by molar-refractivity contribution is 0.214. The summed E-state index contributed by atoms with van der Waals surface area (Å²) in [5.74, 6) is 2.99. The highest BCUT2D eigenvalue weighted by Gasteiger charge is 2.26. The van der Waals surface area contributed by atoms with Gasteiger partial charge in [-0.05, 0) is 55.0 Å². The van der Waals surface area contributed by atoms with Crippen LogP contribution in [0.2, 0.25) is 5.02 Å². The van der Waals surface area contributed by atoms with E-state index in [-0.39, 0.29) is 6.03 Å². The zero-order chi connectivity index (χ0) is 23.5. The molecule has 2 aliphatic rings. The molecule has 0 bridgehead atoms. The predicted octanol–water partition coefficient (Wildman–Crippen LogP) is 5.77. The van der Waals surface area contributed by atoms with Crippen molar-refractivity contribution in [3.8, 4) is 17.2 Å². The van der Waals surface area contributed by atoms with Gasteiger partial charge in [-0.1, -0.05) is 29.8 Å². The van der Waals surface area contributed by atoms with E-state index in [0.717, 1.165) is 41.6 Å². The predicted molar refractivity (Wildman–Crippen MR) is 134 cm³/mol. The van der Waals surface area contributed by atoms with Crippen LogP contribution >= 0.6 is 11.6 Å². The van der Waals surface area contributed by atoms with Crippen molar-refractivity contribution in [2.75, 3.05) is 38.6 Å². The molecular formula is C26H25ClN4O3. The maximum atomic E-state index is 12.9.